The van der Waals surface area contributed by atoms with Crippen LogP contribution in [0.1, 0.15) is 181 Å². The van der Waals surface area contributed by atoms with Crippen molar-refractivity contribution in [2.75, 3.05) is 13.2 Å². The molecule has 1 rings (SSSR count). The molecule has 0 spiro atoms. The lowest BCUT2D eigenvalue weighted by molar-refractivity contribution is -0.262. The summed E-state index contributed by atoms with van der Waals surface area (Å²) >= 11 is 0. The highest BCUT2D eigenvalue weighted by Crippen LogP contribution is 2.25. The summed E-state index contributed by atoms with van der Waals surface area (Å²) in [6, 6.07) is 0. The van der Waals surface area contributed by atoms with Crippen LogP contribution in [0.25, 0.3) is 0 Å². The van der Waals surface area contributed by atoms with E-state index in [-0.39, 0.29) is 5.91 Å². The maximum Gasteiger partial charge on any atom is 0.224 e. The minimum absolute atomic E-state index is 0.0896. The lowest BCUT2D eigenvalue weighted by atomic mass is 9.97. The number of rotatable bonds is 29. The van der Waals surface area contributed by atoms with E-state index < -0.39 is 37.3 Å². The zero-order chi connectivity index (χ0) is 31.5. The number of carbonyl (C=O) groups excluding carboxylic acids is 1. The van der Waals surface area contributed by atoms with Gasteiger partial charge in [-0.25, -0.2) is 0 Å². The van der Waals surface area contributed by atoms with E-state index >= 15 is 0 Å². The lowest BCUT2D eigenvalue weighted by Gasteiger charge is -2.44. The fraction of sp³-hybridized carbons (Fsp3) is 0.972. The maximum absolute atomic E-state index is 13.3. The summed E-state index contributed by atoms with van der Waals surface area (Å²) in [5.41, 5.74) is 0. The van der Waals surface area contributed by atoms with Crippen molar-refractivity contribution in [2.24, 2.45) is 0 Å². The first kappa shape index (κ1) is 40.3. The quantitative estimate of drug-likeness (QED) is 0.0641. The van der Waals surface area contributed by atoms with Crippen molar-refractivity contribution in [3.05, 3.63) is 0 Å². The van der Waals surface area contributed by atoms with Crippen LogP contribution in [0.15, 0.2) is 0 Å². The van der Waals surface area contributed by atoms with Crippen molar-refractivity contribution in [2.45, 2.75) is 211 Å². The Kier molecular flexibility index (Phi) is 25.8. The van der Waals surface area contributed by atoms with Crippen molar-refractivity contribution >= 4 is 5.91 Å². The normalized spacial score (nSPS) is 22.2. The number of unbranched alkanes of at least 4 members (excludes halogenated alkanes) is 23. The Labute approximate surface area is 265 Å². The third-order valence-corrected chi connectivity index (χ3v) is 9.24. The van der Waals surface area contributed by atoms with Gasteiger partial charge in [0.1, 0.15) is 24.4 Å². The minimum atomic E-state index is -1.47. The standard InChI is InChI=1S/C36H71NO6/c1-3-5-7-9-11-13-14-15-16-17-18-19-21-23-25-27-29-37(36-35(42)34(41)33(40)31(30-38)43-36)32(39)28-26-24-22-20-12-10-8-6-4-2/h31,33-36,38,40-42H,3-30H2,1-2H3/t31-,33-,34+,35-,36+/m1/s1. The summed E-state index contributed by atoms with van der Waals surface area (Å²) < 4.78 is 5.78. The van der Waals surface area contributed by atoms with Gasteiger partial charge in [-0.1, -0.05) is 162 Å². The molecule has 0 bridgehead atoms. The van der Waals surface area contributed by atoms with Crippen LogP contribution in [0, 0.1) is 0 Å². The molecule has 1 saturated heterocycles. The first-order valence-electron chi connectivity index (χ1n) is 18.6. The van der Waals surface area contributed by atoms with Crippen molar-refractivity contribution in [3.63, 3.8) is 0 Å². The summed E-state index contributed by atoms with van der Waals surface area (Å²) in [6.45, 7) is 4.45. The molecule has 1 aliphatic rings. The van der Waals surface area contributed by atoms with E-state index in [1.54, 1.807) is 4.90 Å². The predicted molar refractivity (Wildman–Crippen MR) is 177 cm³/mol. The molecule has 256 valence electrons. The third kappa shape index (κ3) is 18.7. The van der Waals surface area contributed by atoms with E-state index in [0.717, 1.165) is 38.5 Å². The second kappa shape index (κ2) is 27.6. The Balaban J connectivity index is 2.33. The molecular weight excluding hydrogens is 542 g/mol. The number of amides is 1. The Morgan fingerprint density at radius 3 is 1.30 bits per heavy atom. The molecule has 0 aliphatic carbocycles. The van der Waals surface area contributed by atoms with Crippen LogP contribution in [0.2, 0.25) is 0 Å². The van der Waals surface area contributed by atoms with Gasteiger partial charge in [-0.15, -0.1) is 0 Å². The Bertz CT molecular complexity index is 633. The van der Waals surface area contributed by atoms with Crippen LogP contribution in [-0.4, -0.2) is 75.0 Å². The molecule has 1 fully saturated rings. The molecule has 1 heterocycles. The Morgan fingerprint density at radius 1 is 0.535 bits per heavy atom. The molecule has 1 aliphatic heterocycles. The third-order valence-electron chi connectivity index (χ3n) is 9.24. The van der Waals surface area contributed by atoms with Crippen molar-refractivity contribution in [3.8, 4) is 0 Å². The van der Waals surface area contributed by atoms with Gasteiger partial charge in [0, 0.05) is 13.0 Å². The molecule has 7 nitrogen and oxygen atoms in total. The molecule has 0 unspecified atom stereocenters. The van der Waals surface area contributed by atoms with Crippen LogP contribution in [0.3, 0.4) is 0 Å². The van der Waals surface area contributed by atoms with Gasteiger partial charge in [-0.2, -0.15) is 0 Å². The number of hydrogen-bond acceptors (Lipinski definition) is 6. The van der Waals surface area contributed by atoms with Gasteiger partial charge < -0.3 is 30.1 Å². The molecule has 7 heteroatoms. The monoisotopic (exact) mass is 614 g/mol. The molecule has 0 saturated carbocycles. The smallest absolute Gasteiger partial charge is 0.224 e. The summed E-state index contributed by atoms with van der Waals surface area (Å²) in [4.78, 5) is 14.9. The van der Waals surface area contributed by atoms with Gasteiger partial charge in [0.15, 0.2) is 6.23 Å². The fourth-order valence-electron chi connectivity index (χ4n) is 6.29. The molecule has 0 aromatic carbocycles. The van der Waals surface area contributed by atoms with Crippen molar-refractivity contribution < 1.29 is 30.0 Å². The highest BCUT2D eigenvalue weighted by atomic mass is 16.6. The molecule has 0 aromatic heterocycles. The van der Waals surface area contributed by atoms with E-state index in [2.05, 4.69) is 13.8 Å². The lowest BCUT2D eigenvalue weighted by Crippen LogP contribution is -2.64. The Hall–Kier alpha value is -0.730. The first-order valence-corrected chi connectivity index (χ1v) is 18.6. The highest BCUT2D eigenvalue weighted by molar-refractivity contribution is 5.76. The van der Waals surface area contributed by atoms with Gasteiger partial charge in [-0.3, -0.25) is 4.79 Å². The SMILES string of the molecule is CCCCCCCCCCCCCCCCCCN(C(=O)CCCCCCCCCCC)[C@H]1O[C@H](CO)[C@@H](O)[C@H](O)[C@H]1O. The van der Waals surface area contributed by atoms with Gasteiger partial charge in [0.2, 0.25) is 5.91 Å². The molecule has 0 aromatic rings. The van der Waals surface area contributed by atoms with E-state index in [1.165, 1.54) is 122 Å². The molecule has 5 atom stereocenters. The van der Waals surface area contributed by atoms with Crippen LogP contribution < -0.4 is 0 Å². The molecule has 4 N–H and O–H groups in total. The zero-order valence-corrected chi connectivity index (χ0v) is 28.2. The van der Waals surface area contributed by atoms with Crippen molar-refractivity contribution in [1.29, 1.82) is 0 Å². The number of hydrogen-bond donors (Lipinski definition) is 4. The van der Waals surface area contributed by atoms with Crippen LogP contribution in [0.4, 0.5) is 0 Å². The number of carbonyl (C=O) groups is 1. The zero-order valence-electron chi connectivity index (χ0n) is 28.2. The first-order chi connectivity index (χ1) is 21.0. The summed E-state index contributed by atoms with van der Waals surface area (Å²) in [7, 11) is 0. The summed E-state index contributed by atoms with van der Waals surface area (Å²) in [5.74, 6) is -0.0896. The largest absolute Gasteiger partial charge is 0.394 e. The van der Waals surface area contributed by atoms with Crippen LogP contribution in [0.5, 0.6) is 0 Å². The topological polar surface area (TPSA) is 110 Å². The summed E-state index contributed by atoms with van der Waals surface area (Å²) in [6.07, 6.45) is 25.0. The van der Waals surface area contributed by atoms with Gasteiger partial charge in [0.05, 0.1) is 6.61 Å². The second-order valence-electron chi connectivity index (χ2n) is 13.2. The molecule has 1 amide bonds. The van der Waals surface area contributed by atoms with E-state index in [0.29, 0.717) is 13.0 Å². The van der Waals surface area contributed by atoms with Crippen molar-refractivity contribution in [1.82, 2.24) is 4.90 Å². The molecular formula is C36H71NO6. The average molecular weight is 614 g/mol. The number of nitrogens with zero attached hydrogens (tertiary/aromatic N) is 1. The average Bonchev–Trinajstić information content (AvgIpc) is 3.01. The van der Waals surface area contributed by atoms with E-state index in [4.69, 9.17) is 4.74 Å². The van der Waals surface area contributed by atoms with Gasteiger partial charge in [-0.05, 0) is 12.8 Å². The molecule has 0 radical (unpaired) electrons. The number of ether oxygens (including phenoxy) is 1. The van der Waals surface area contributed by atoms with E-state index in [1.807, 2.05) is 0 Å². The number of aliphatic hydroxyl groups excluding tert-OH is 4. The highest BCUT2D eigenvalue weighted by Gasteiger charge is 2.46. The number of aliphatic hydroxyl groups is 4. The van der Waals surface area contributed by atoms with Gasteiger partial charge >= 0.3 is 0 Å². The van der Waals surface area contributed by atoms with Gasteiger partial charge in [0.25, 0.3) is 0 Å². The fourth-order valence-corrected chi connectivity index (χ4v) is 6.29. The predicted octanol–water partition coefficient (Wildman–Crippen LogP) is 7.80. The second-order valence-corrected chi connectivity index (χ2v) is 13.2. The minimum Gasteiger partial charge on any atom is -0.394 e. The maximum atomic E-state index is 13.3. The van der Waals surface area contributed by atoms with Crippen LogP contribution >= 0.6 is 0 Å². The summed E-state index contributed by atoms with van der Waals surface area (Å²) in [5, 5.41) is 40.9. The van der Waals surface area contributed by atoms with Crippen LogP contribution in [-0.2, 0) is 9.53 Å². The molecule has 43 heavy (non-hydrogen) atoms. The van der Waals surface area contributed by atoms with E-state index in [9.17, 15) is 25.2 Å². The Morgan fingerprint density at radius 2 is 0.907 bits per heavy atom.